The van der Waals surface area contributed by atoms with Crippen molar-refractivity contribution in [3.63, 3.8) is 0 Å². The number of carbonyl (C=O) groups is 5. The molecular formula is C58H53F6N17O8. The van der Waals surface area contributed by atoms with E-state index in [-0.39, 0.29) is 46.5 Å². The molecule has 460 valence electrons. The smallest absolute Gasteiger partial charge is 0.430 e. The number of likely N-dealkylation sites (N-methyl/N-ethyl adjacent to an activating group) is 1. The SMILES string of the molecule is CCOC(=O)c1cc2c(nc1NC(=O)c1ccc(-n3ccnc3)nn1)CCN(C)C2.COC(=O)c1cc2c(cc1NC(=O)c1ccc(-n3ccnc3)nn1)CCCC2.Cc1ccc(NC(=O)c2ccc(-n3ccnc3)nn2)c(C(O)(C(F)(F)F)C(F)(F)F)c1. The summed E-state index contributed by atoms with van der Waals surface area (Å²) in [5, 5.41) is 40.6. The largest absolute Gasteiger partial charge is 0.465 e. The van der Waals surface area contributed by atoms with E-state index in [1.165, 1.54) is 55.5 Å². The standard InChI is InChI=1S/C20H21N7O3.C20H19N5O3.C18H13F6N5O2/c1-3-30-20(29)14-10-13-11-26(2)8-6-15(13)22-18(14)23-19(28)16-4-5-17(25-24-16)27-9-7-21-12-27;1-28-20(27)15-10-13-4-2-3-5-14(13)11-17(15)22-19(26)16-6-7-18(24-23-16)25-9-8-21-12-25;1-10-2-3-12(11(8-10)16(31,17(19,20)21)18(22,23)24)26-15(30)13-4-5-14(28-27-13)29-7-6-25-9-29/h4-5,7,9-10,12H,3,6,8,11H2,1-2H3,(H,22,23,28);6-12H,2-5H2,1H3,(H,22,26);2-9,31H,1H3,(H,26,30). The molecule has 0 spiro atoms. The van der Waals surface area contributed by atoms with Crippen molar-refractivity contribution in [2.75, 3.05) is 43.3 Å². The van der Waals surface area contributed by atoms with Gasteiger partial charge in [0.1, 0.15) is 30.4 Å². The van der Waals surface area contributed by atoms with Crippen LogP contribution in [0.5, 0.6) is 0 Å². The van der Waals surface area contributed by atoms with Crippen molar-refractivity contribution >= 4 is 46.9 Å². The maximum Gasteiger partial charge on any atom is 0.430 e. The molecule has 25 nitrogen and oxygen atoms in total. The van der Waals surface area contributed by atoms with Crippen molar-refractivity contribution in [2.24, 2.45) is 0 Å². The number of fused-ring (bicyclic) bond motifs is 2. The average molecular weight is 1230 g/mol. The van der Waals surface area contributed by atoms with Gasteiger partial charge in [0.05, 0.1) is 25.0 Å². The minimum Gasteiger partial charge on any atom is -0.465 e. The van der Waals surface area contributed by atoms with Gasteiger partial charge in [-0.1, -0.05) is 17.7 Å². The third-order valence-corrected chi connectivity index (χ3v) is 13.8. The van der Waals surface area contributed by atoms with Crippen molar-refractivity contribution in [2.45, 2.75) is 70.4 Å². The summed E-state index contributed by atoms with van der Waals surface area (Å²) in [5.41, 5.74) is -2.67. The zero-order valence-electron chi connectivity index (χ0n) is 47.6. The van der Waals surface area contributed by atoms with Crippen LogP contribution in [0.2, 0.25) is 0 Å². The van der Waals surface area contributed by atoms with Crippen molar-refractivity contribution in [3.8, 4) is 17.5 Å². The van der Waals surface area contributed by atoms with Gasteiger partial charge in [-0.2, -0.15) is 26.3 Å². The van der Waals surface area contributed by atoms with E-state index in [1.54, 1.807) is 83.8 Å². The molecule has 0 fully saturated rings. The number of alkyl halides is 6. The third-order valence-electron chi connectivity index (χ3n) is 13.8. The molecule has 1 aliphatic carbocycles. The first-order valence-electron chi connectivity index (χ1n) is 27.0. The number of halogens is 6. The quantitative estimate of drug-likeness (QED) is 0.0638. The number of hydrogen-bond donors (Lipinski definition) is 4. The van der Waals surface area contributed by atoms with Gasteiger partial charge in [0.25, 0.3) is 23.3 Å². The molecule has 9 aromatic rings. The van der Waals surface area contributed by atoms with Crippen molar-refractivity contribution in [1.82, 2.24) is 69.1 Å². The summed E-state index contributed by atoms with van der Waals surface area (Å²) < 4.78 is 94.8. The number of carbonyl (C=O) groups excluding carboxylic acids is 5. The molecular weight excluding hydrogens is 1180 g/mol. The monoisotopic (exact) mass is 1230 g/mol. The number of anilines is 3. The molecule has 0 bridgehead atoms. The first-order valence-corrected chi connectivity index (χ1v) is 27.0. The van der Waals surface area contributed by atoms with Crippen LogP contribution in [-0.2, 0) is 40.9 Å². The van der Waals surface area contributed by atoms with E-state index < -0.39 is 58.9 Å². The molecule has 8 heterocycles. The Balaban J connectivity index is 0.000000159. The molecule has 89 heavy (non-hydrogen) atoms. The van der Waals surface area contributed by atoms with E-state index in [0.717, 1.165) is 67.1 Å². The summed E-state index contributed by atoms with van der Waals surface area (Å²) in [5.74, 6) is -1.55. The Kier molecular flexibility index (Phi) is 19.0. The van der Waals surface area contributed by atoms with E-state index in [9.17, 15) is 55.4 Å². The van der Waals surface area contributed by atoms with E-state index >= 15 is 0 Å². The number of pyridine rings is 1. The molecule has 0 unspecified atom stereocenters. The van der Waals surface area contributed by atoms with Gasteiger partial charge in [-0.25, -0.2) is 29.5 Å². The predicted octanol–water partition coefficient (Wildman–Crippen LogP) is 7.59. The number of nitrogens with one attached hydrogen (secondary N) is 3. The highest BCUT2D eigenvalue weighted by atomic mass is 19.4. The molecule has 0 saturated carbocycles. The summed E-state index contributed by atoms with van der Waals surface area (Å²) in [4.78, 5) is 80.9. The molecule has 3 amide bonds. The van der Waals surface area contributed by atoms with Gasteiger partial charge >= 0.3 is 24.3 Å². The summed E-state index contributed by atoms with van der Waals surface area (Å²) in [6.45, 7) is 4.73. The van der Waals surface area contributed by atoms with Crippen LogP contribution in [0.1, 0.15) is 105 Å². The number of methoxy groups -OCH3 is 1. The maximum atomic E-state index is 13.3. The molecule has 11 rings (SSSR count). The molecule has 7 aromatic heterocycles. The van der Waals surface area contributed by atoms with Crippen LogP contribution in [0.4, 0.5) is 43.5 Å². The number of amides is 3. The highest BCUT2D eigenvalue weighted by Crippen LogP contribution is 2.52. The number of rotatable bonds is 13. The Morgan fingerprint density at radius 2 is 1.07 bits per heavy atom. The molecule has 4 N–H and O–H groups in total. The third kappa shape index (κ3) is 14.4. The maximum absolute atomic E-state index is 13.3. The Labute approximate surface area is 501 Å². The van der Waals surface area contributed by atoms with Gasteiger partial charge in [0.2, 0.25) is 0 Å². The lowest BCUT2D eigenvalue weighted by molar-refractivity contribution is -0.376. The highest BCUT2D eigenvalue weighted by Gasteiger charge is 2.72. The molecule has 1 aliphatic heterocycles. The van der Waals surface area contributed by atoms with E-state index in [0.29, 0.717) is 35.5 Å². The van der Waals surface area contributed by atoms with Crippen LogP contribution < -0.4 is 16.0 Å². The minimum atomic E-state index is -6.11. The van der Waals surface area contributed by atoms with Crippen LogP contribution in [0.3, 0.4) is 0 Å². The molecule has 2 aliphatic rings. The Hall–Kier alpha value is -10.7. The van der Waals surface area contributed by atoms with Crippen LogP contribution in [-0.4, -0.2) is 144 Å². The van der Waals surface area contributed by atoms with Crippen LogP contribution in [0.25, 0.3) is 17.5 Å². The number of benzene rings is 2. The average Bonchev–Trinajstić information content (AvgIpc) is 1.29. The number of hydrogen-bond acceptors (Lipinski definition) is 19. The molecule has 2 aromatic carbocycles. The lowest BCUT2D eigenvalue weighted by atomic mass is 9.89. The van der Waals surface area contributed by atoms with Gasteiger partial charge < -0.3 is 35.4 Å². The Bertz CT molecular complexity index is 3970. The van der Waals surface area contributed by atoms with Gasteiger partial charge in [-0.15, -0.1) is 30.6 Å². The van der Waals surface area contributed by atoms with Gasteiger partial charge in [0.15, 0.2) is 34.5 Å². The molecule has 0 atom stereocenters. The normalized spacial score (nSPS) is 13.0. The molecule has 31 heteroatoms. The molecule has 0 saturated heterocycles. The second-order valence-electron chi connectivity index (χ2n) is 19.9. The van der Waals surface area contributed by atoms with Crippen molar-refractivity contribution < 1.29 is 64.9 Å². The zero-order chi connectivity index (χ0) is 63.6. The number of imidazole rings is 3. The second kappa shape index (κ2) is 26.9. The lowest BCUT2D eigenvalue weighted by Gasteiger charge is -2.34. The number of nitrogens with zero attached hydrogens (tertiary/aromatic N) is 14. The Morgan fingerprint density at radius 1 is 0.584 bits per heavy atom. The minimum absolute atomic E-state index is 0.00407. The molecule has 0 radical (unpaired) electrons. The predicted molar refractivity (Wildman–Crippen MR) is 303 cm³/mol. The van der Waals surface area contributed by atoms with E-state index in [1.807, 2.05) is 24.5 Å². The van der Waals surface area contributed by atoms with Crippen molar-refractivity contribution in [3.05, 3.63) is 191 Å². The van der Waals surface area contributed by atoms with Crippen molar-refractivity contribution in [1.29, 1.82) is 0 Å². The van der Waals surface area contributed by atoms with E-state index in [4.69, 9.17) is 9.47 Å². The Morgan fingerprint density at radius 3 is 1.52 bits per heavy atom. The first kappa shape index (κ1) is 62.8. The number of aromatic nitrogens is 13. The fourth-order valence-electron chi connectivity index (χ4n) is 9.25. The van der Waals surface area contributed by atoms with Crippen LogP contribution in [0, 0.1) is 6.92 Å². The number of esters is 2. The number of aliphatic hydroxyl groups is 1. The lowest BCUT2D eigenvalue weighted by Crippen LogP contribution is -2.54. The number of aryl methyl sites for hydroxylation is 3. The summed E-state index contributed by atoms with van der Waals surface area (Å²) >= 11 is 0. The van der Waals surface area contributed by atoms with Gasteiger partial charge in [0, 0.05) is 73.6 Å². The zero-order valence-corrected chi connectivity index (χ0v) is 47.6. The van der Waals surface area contributed by atoms with Crippen LogP contribution >= 0.6 is 0 Å². The number of ether oxygens (including phenoxy) is 2. The second-order valence-corrected chi connectivity index (χ2v) is 19.9. The topological polar surface area (TPSA) is 307 Å². The fourth-order valence-corrected chi connectivity index (χ4v) is 9.25. The summed E-state index contributed by atoms with van der Waals surface area (Å²) in [6, 6.07) is 16.9. The van der Waals surface area contributed by atoms with Gasteiger partial charge in [-0.05, 0) is 124 Å². The summed E-state index contributed by atoms with van der Waals surface area (Å²) in [7, 11) is 3.34. The highest BCUT2D eigenvalue weighted by molar-refractivity contribution is 6.08. The van der Waals surface area contributed by atoms with E-state index in [2.05, 4.69) is 66.1 Å². The summed E-state index contributed by atoms with van der Waals surface area (Å²) in [6.07, 6.45) is 6.87. The van der Waals surface area contributed by atoms with Gasteiger partial charge in [-0.3, -0.25) is 28.1 Å². The fraction of sp³-hybridized carbons (Fsp3) is 0.259. The van der Waals surface area contributed by atoms with Crippen LogP contribution in [0.15, 0.2) is 129 Å². The first-order chi connectivity index (χ1) is 42.5.